The van der Waals surface area contributed by atoms with Crippen molar-refractivity contribution in [1.29, 1.82) is 0 Å². The van der Waals surface area contributed by atoms with Crippen molar-refractivity contribution in [2.24, 2.45) is 7.05 Å². The molecule has 140 valence electrons. The quantitative estimate of drug-likeness (QED) is 0.832. The number of aryl methyl sites for hydroxylation is 1. The summed E-state index contributed by atoms with van der Waals surface area (Å²) in [4.78, 5) is 16.7. The Kier molecular flexibility index (Phi) is 5.53. The summed E-state index contributed by atoms with van der Waals surface area (Å²) >= 11 is 6.17. The number of amides is 2. The van der Waals surface area contributed by atoms with Crippen molar-refractivity contribution >= 4 is 23.3 Å². The number of halogens is 1. The summed E-state index contributed by atoms with van der Waals surface area (Å²) in [6, 6.07) is 2.71. The van der Waals surface area contributed by atoms with Gasteiger partial charge >= 0.3 is 6.03 Å². The molecule has 1 aliphatic rings. The van der Waals surface area contributed by atoms with Gasteiger partial charge in [-0.2, -0.15) is 0 Å². The van der Waals surface area contributed by atoms with Crippen LogP contribution in [-0.2, 0) is 11.8 Å². The predicted molar refractivity (Wildman–Crippen MR) is 97.0 cm³/mol. The molecule has 3 rings (SSSR count). The molecule has 9 heteroatoms. The van der Waals surface area contributed by atoms with Gasteiger partial charge in [-0.25, -0.2) is 9.78 Å². The minimum absolute atomic E-state index is 0.174. The van der Waals surface area contributed by atoms with E-state index in [9.17, 15) is 4.79 Å². The third-order valence-corrected chi connectivity index (χ3v) is 4.49. The molecule has 0 spiro atoms. The highest BCUT2D eigenvalue weighted by atomic mass is 35.5. The first kappa shape index (κ1) is 18.3. The van der Waals surface area contributed by atoms with Crippen molar-refractivity contribution in [3.05, 3.63) is 35.4 Å². The lowest BCUT2D eigenvalue weighted by Crippen LogP contribution is -2.40. The first-order chi connectivity index (χ1) is 12.5. The number of anilines is 1. The van der Waals surface area contributed by atoms with Crippen molar-refractivity contribution < 1.29 is 19.0 Å². The van der Waals surface area contributed by atoms with E-state index in [1.807, 2.05) is 17.8 Å². The van der Waals surface area contributed by atoms with Crippen LogP contribution in [0.4, 0.5) is 10.5 Å². The lowest BCUT2D eigenvalue weighted by atomic mass is 10.1. The Morgan fingerprint density at radius 2 is 2.19 bits per heavy atom. The van der Waals surface area contributed by atoms with Gasteiger partial charge < -0.3 is 29.4 Å². The lowest BCUT2D eigenvalue weighted by Gasteiger charge is -2.20. The number of urea groups is 1. The van der Waals surface area contributed by atoms with Crippen molar-refractivity contribution in [1.82, 2.24) is 14.9 Å². The Balaban J connectivity index is 1.69. The molecule has 2 heterocycles. The minimum atomic E-state index is -0.358. The summed E-state index contributed by atoms with van der Waals surface area (Å²) in [5.74, 6) is 1.63. The van der Waals surface area contributed by atoms with Gasteiger partial charge in [0.05, 0.1) is 25.3 Å². The number of methoxy groups -OCH3 is 2. The third kappa shape index (κ3) is 3.71. The highest BCUT2D eigenvalue weighted by Gasteiger charge is 2.33. The number of benzene rings is 1. The molecule has 1 aromatic carbocycles. The fraction of sp³-hybridized carbons (Fsp3) is 0.412. The molecule has 0 bridgehead atoms. The molecule has 0 radical (unpaired) electrons. The molecule has 0 aliphatic carbocycles. The summed E-state index contributed by atoms with van der Waals surface area (Å²) in [5.41, 5.74) is 0.498. The standard InChI is InChI=1S/C17H21ClN4O4/c1-22-6-5-19-16(22)15-12(4-7-26-15)21-17(23)20-10-8-11(18)14(25-3)13(9-10)24-2/h5-6,8-9,12,15H,4,7H2,1-3H3,(H2,20,21,23)/t12-,15-/m0/s1. The number of nitrogens with zero attached hydrogens (tertiary/aromatic N) is 2. The van der Waals surface area contributed by atoms with E-state index in [1.54, 1.807) is 18.3 Å². The molecular formula is C17H21ClN4O4. The zero-order valence-corrected chi connectivity index (χ0v) is 15.5. The molecule has 2 atom stereocenters. The zero-order chi connectivity index (χ0) is 18.7. The lowest BCUT2D eigenvalue weighted by molar-refractivity contribution is 0.0913. The Morgan fingerprint density at radius 1 is 1.38 bits per heavy atom. The molecular weight excluding hydrogens is 360 g/mol. The molecule has 1 aliphatic heterocycles. The third-order valence-electron chi connectivity index (χ3n) is 4.21. The Labute approximate surface area is 156 Å². The number of carbonyl (C=O) groups excluding carboxylic acids is 1. The predicted octanol–water partition coefficient (Wildman–Crippen LogP) is 2.74. The van der Waals surface area contributed by atoms with Gasteiger partial charge in [-0.05, 0) is 12.5 Å². The van der Waals surface area contributed by atoms with Crippen molar-refractivity contribution in [2.75, 3.05) is 26.1 Å². The molecule has 8 nitrogen and oxygen atoms in total. The number of ether oxygens (including phenoxy) is 3. The Morgan fingerprint density at radius 3 is 2.85 bits per heavy atom. The van der Waals surface area contributed by atoms with Gasteiger partial charge in [-0.15, -0.1) is 0 Å². The van der Waals surface area contributed by atoms with Gasteiger partial charge in [0.25, 0.3) is 0 Å². The maximum Gasteiger partial charge on any atom is 0.319 e. The summed E-state index contributed by atoms with van der Waals surface area (Å²) in [6.45, 7) is 0.560. The van der Waals surface area contributed by atoms with Crippen molar-refractivity contribution in [3.8, 4) is 11.5 Å². The van der Waals surface area contributed by atoms with Gasteiger partial charge in [0.1, 0.15) is 11.9 Å². The van der Waals surface area contributed by atoms with Gasteiger partial charge in [0.2, 0.25) is 0 Å². The Hall–Kier alpha value is -2.45. The largest absolute Gasteiger partial charge is 0.493 e. The summed E-state index contributed by atoms with van der Waals surface area (Å²) in [6.07, 6.45) is 3.98. The monoisotopic (exact) mass is 380 g/mol. The fourth-order valence-corrected chi connectivity index (χ4v) is 3.26. The summed E-state index contributed by atoms with van der Waals surface area (Å²) in [5, 5.41) is 6.04. The van der Waals surface area contributed by atoms with Crippen LogP contribution in [-0.4, -0.2) is 42.5 Å². The normalized spacial score (nSPS) is 19.2. The van der Waals surface area contributed by atoms with Gasteiger partial charge in [-0.1, -0.05) is 11.6 Å². The smallest absolute Gasteiger partial charge is 0.319 e. The van der Waals surface area contributed by atoms with E-state index in [0.717, 1.165) is 5.82 Å². The SMILES string of the molecule is COc1cc(NC(=O)N[C@H]2CCO[C@@H]2c2nccn2C)cc(Cl)c1OC. The van der Waals surface area contributed by atoms with Crippen LogP contribution in [0, 0.1) is 0 Å². The highest BCUT2D eigenvalue weighted by molar-refractivity contribution is 6.32. The van der Waals surface area contributed by atoms with E-state index < -0.39 is 0 Å². The van der Waals surface area contributed by atoms with Crippen LogP contribution in [0.2, 0.25) is 5.02 Å². The van der Waals surface area contributed by atoms with Crippen LogP contribution >= 0.6 is 11.6 Å². The number of carbonyl (C=O) groups is 1. The maximum atomic E-state index is 12.4. The van der Waals surface area contributed by atoms with E-state index >= 15 is 0 Å². The molecule has 2 N–H and O–H groups in total. The molecule has 26 heavy (non-hydrogen) atoms. The molecule has 1 saturated heterocycles. The average Bonchev–Trinajstić information content (AvgIpc) is 3.22. The van der Waals surface area contributed by atoms with Crippen LogP contribution in [0.15, 0.2) is 24.5 Å². The second kappa shape index (κ2) is 7.84. The topological polar surface area (TPSA) is 86.6 Å². The van der Waals surface area contributed by atoms with Crippen molar-refractivity contribution in [2.45, 2.75) is 18.6 Å². The van der Waals surface area contributed by atoms with E-state index in [4.69, 9.17) is 25.8 Å². The summed E-state index contributed by atoms with van der Waals surface area (Å²) in [7, 11) is 4.90. The van der Waals surface area contributed by atoms with Crippen LogP contribution in [0.5, 0.6) is 11.5 Å². The van der Waals surface area contributed by atoms with E-state index in [0.29, 0.717) is 35.2 Å². The van der Waals surface area contributed by atoms with Gasteiger partial charge in [0, 0.05) is 37.8 Å². The maximum absolute atomic E-state index is 12.4. The second-order valence-corrected chi connectivity index (χ2v) is 6.28. The number of imidazole rings is 1. The van der Waals surface area contributed by atoms with Crippen molar-refractivity contribution in [3.63, 3.8) is 0 Å². The number of rotatable bonds is 5. The van der Waals surface area contributed by atoms with Gasteiger partial charge in [-0.3, -0.25) is 0 Å². The number of nitrogens with one attached hydrogen (secondary N) is 2. The van der Waals surface area contributed by atoms with E-state index in [2.05, 4.69) is 15.6 Å². The number of hydrogen-bond donors (Lipinski definition) is 2. The van der Waals surface area contributed by atoms with Crippen LogP contribution in [0.1, 0.15) is 18.3 Å². The zero-order valence-electron chi connectivity index (χ0n) is 14.8. The first-order valence-corrected chi connectivity index (χ1v) is 8.49. The molecule has 0 unspecified atom stereocenters. The molecule has 1 aromatic heterocycles. The van der Waals surface area contributed by atoms with Crippen LogP contribution in [0.3, 0.4) is 0 Å². The van der Waals surface area contributed by atoms with E-state index in [-0.39, 0.29) is 18.2 Å². The fourth-order valence-electron chi connectivity index (χ4n) is 2.97. The molecule has 0 saturated carbocycles. The number of aromatic nitrogens is 2. The van der Waals surface area contributed by atoms with Gasteiger partial charge in [0.15, 0.2) is 11.5 Å². The average molecular weight is 381 g/mol. The minimum Gasteiger partial charge on any atom is -0.493 e. The molecule has 1 fully saturated rings. The summed E-state index contributed by atoms with van der Waals surface area (Å²) < 4.78 is 18.1. The Bertz CT molecular complexity index is 795. The highest BCUT2D eigenvalue weighted by Crippen LogP contribution is 2.37. The van der Waals surface area contributed by atoms with E-state index in [1.165, 1.54) is 14.2 Å². The first-order valence-electron chi connectivity index (χ1n) is 8.11. The second-order valence-electron chi connectivity index (χ2n) is 5.87. The number of hydrogen-bond acceptors (Lipinski definition) is 5. The van der Waals surface area contributed by atoms with Crippen LogP contribution in [0.25, 0.3) is 0 Å². The molecule has 2 amide bonds. The molecule has 2 aromatic rings. The van der Waals surface area contributed by atoms with Crippen LogP contribution < -0.4 is 20.1 Å².